The van der Waals surface area contributed by atoms with Gasteiger partial charge in [0.2, 0.25) is 5.91 Å². The van der Waals surface area contributed by atoms with Gasteiger partial charge in [-0.3, -0.25) is 9.69 Å². The monoisotopic (exact) mass is 505 g/mol. The van der Waals surface area contributed by atoms with Crippen molar-refractivity contribution in [2.24, 2.45) is 5.73 Å². The Balaban J connectivity index is 1.41. The molecule has 1 aliphatic heterocycles. The highest BCUT2D eigenvalue weighted by molar-refractivity contribution is 5.92. The minimum Gasteiger partial charge on any atom is -0.457 e. The third kappa shape index (κ3) is 6.03. The minimum absolute atomic E-state index is 0.201. The van der Waals surface area contributed by atoms with Crippen LogP contribution in [0.2, 0.25) is 0 Å². The van der Waals surface area contributed by atoms with Gasteiger partial charge in [0, 0.05) is 37.3 Å². The summed E-state index contributed by atoms with van der Waals surface area (Å²) < 4.78 is 20.5. The third-order valence-corrected chi connectivity index (χ3v) is 6.55. The van der Waals surface area contributed by atoms with Crippen molar-refractivity contribution < 1.29 is 13.9 Å². The van der Waals surface area contributed by atoms with Crippen molar-refractivity contribution in [1.29, 1.82) is 0 Å². The van der Waals surface area contributed by atoms with Crippen molar-refractivity contribution >= 4 is 11.6 Å². The fourth-order valence-corrected chi connectivity index (χ4v) is 4.56. The van der Waals surface area contributed by atoms with E-state index in [9.17, 15) is 9.18 Å². The highest BCUT2D eigenvalue weighted by atomic mass is 19.1. The maximum atomic E-state index is 14.4. The molecule has 4 aromatic carbocycles. The van der Waals surface area contributed by atoms with E-state index in [1.54, 1.807) is 30.3 Å². The van der Waals surface area contributed by atoms with Gasteiger partial charge in [-0.25, -0.2) is 4.39 Å². The summed E-state index contributed by atoms with van der Waals surface area (Å²) in [5.74, 6) is 7.53. The molecule has 38 heavy (non-hydrogen) atoms. The molecule has 1 fully saturated rings. The summed E-state index contributed by atoms with van der Waals surface area (Å²) in [5.41, 5.74) is 8.25. The summed E-state index contributed by atoms with van der Waals surface area (Å²) >= 11 is 0. The third-order valence-electron chi connectivity index (χ3n) is 6.55. The quantitative estimate of drug-likeness (QED) is 0.345. The number of nitrogens with two attached hydrogens (primary N) is 1. The van der Waals surface area contributed by atoms with Gasteiger partial charge in [-0.05, 0) is 66.2 Å². The van der Waals surface area contributed by atoms with Crippen LogP contribution in [0, 0.1) is 17.7 Å². The molecule has 0 bridgehead atoms. The minimum atomic E-state index is -0.467. The van der Waals surface area contributed by atoms with Gasteiger partial charge in [-0.1, -0.05) is 54.3 Å². The molecule has 0 radical (unpaired) electrons. The Labute approximate surface area is 222 Å². The van der Waals surface area contributed by atoms with Crippen molar-refractivity contribution in [2.45, 2.75) is 6.04 Å². The fourth-order valence-electron chi connectivity index (χ4n) is 4.56. The van der Waals surface area contributed by atoms with E-state index in [0.717, 1.165) is 35.7 Å². The topological polar surface area (TPSA) is 58.8 Å². The van der Waals surface area contributed by atoms with Crippen LogP contribution < -0.4 is 15.4 Å². The maximum absolute atomic E-state index is 14.4. The first-order valence-electron chi connectivity index (χ1n) is 12.5. The average molecular weight is 506 g/mol. The van der Waals surface area contributed by atoms with Crippen LogP contribution in [0.1, 0.15) is 27.5 Å². The van der Waals surface area contributed by atoms with Crippen LogP contribution in [0.4, 0.5) is 10.1 Å². The van der Waals surface area contributed by atoms with Gasteiger partial charge < -0.3 is 15.4 Å². The second kappa shape index (κ2) is 11.6. The molecule has 1 saturated heterocycles. The van der Waals surface area contributed by atoms with E-state index in [1.165, 1.54) is 6.07 Å². The molecule has 1 heterocycles. The van der Waals surface area contributed by atoms with Gasteiger partial charge in [0.25, 0.3) is 0 Å². The summed E-state index contributed by atoms with van der Waals surface area (Å²) in [4.78, 5) is 15.8. The van der Waals surface area contributed by atoms with Crippen LogP contribution in [0.3, 0.4) is 0 Å². The zero-order chi connectivity index (χ0) is 26.3. The van der Waals surface area contributed by atoms with E-state index in [-0.39, 0.29) is 11.9 Å². The van der Waals surface area contributed by atoms with E-state index in [0.29, 0.717) is 24.3 Å². The number of ether oxygens (including phenoxy) is 1. The number of piperazine rings is 1. The summed E-state index contributed by atoms with van der Waals surface area (Å²) in [6.07, 6.45) is 0. The first-order chi connectivity index (χ1) is 18.6. The Kier molecular flexibility index (Phi) is 7.67. The molecule has 1 atom stereocenters. The molecule has 0 aromatic heterocycles. The van der Waals surface area contributed by atoms with Crippen LogP contribution in [0.15, 0.2) is 103 Å². The van der Waals surface area contributed by atoms with E-state index in [2.05, 4.69) is 27.7 Å². The van der Waals surface area contributed by atoms with Crippen molar-refractivity contribution in [3.63, 3.8) is 0 Å². The number of anilines is 1. The molecule has 0 spiro atoms. The fraction of sp³-hybridized carbons (Fsp3) is 0.156. The molecule has 1 aliphatic rings. The first-order valence-corrected chi connectivity index (χ1v) is 12.5. The lowest BCUT2D eigenvalue weighted by Crippen LogP contribution is -2.47. The number of rotatable bonds is 6. The van der Waals surface area contributed by atoms with E-state index in [1.807, 2.05) is 60.7 Å². The van der Waals surface area contributed by atoms with Gasteiger partial charge in [-0.15, -0.1) is 0 Å². The predicted molar refractivity (Wildman–Crippen MR) is 148 cm³/mol. The van der Waals surface area contributed by atoms with E-state index in [4.69, 9.17) is 10.5 Å². The second-order valence-electron chi connectivity index (χ2n) is 9.08. The van der Waals surface area contributed by atoms with Gasteiger partial charge >= 0.3 is 0 Å². The number of carbonyl (C=O) groups excluding carboxylic acids is 1. The SMILES string of the molecule is NC(=O)c1ccc(C#CC(c2cccc(Oc3ccccc3)c2)N2CCN(c3ccccc3F)CC2)cc1. The molecule has 6 heteroatoms. The van der Waals surface area contributed by atoms with Crippen LogP contribution >= 0.6 is 0 Å². The van der Waals surface area contributed by atoms with Crippen LogP contribution in [-0.4, -0.2) is 37.0 Å². The van der Waals surface area contributed by atoms with Crippen LogP contribution in [0.5, 0.6) is 11.5 Å². The van der Waals surface area contributed by atoms with Gasteiger partial charge in [-0.2, -0.15) is 0 Å². The highest BCUT2D eigenvalue weighted by Crippen LogP contribution is 2.29. The lowest BCUT2D eigenvalue weighted by molar-refractivity contribution is 0.100. The first kappa shape index (κ1) is 25.1. The van der Waals surface area contributed by atoms with Gasteiger partial charge in [0.1, 0.15) is 17.3 Å². The predicted octanol–water partition coefficient (Wildman–Crippen LogP) is 5.63. The zero-order valence-corrected chi connectivity index (χ0v) is 20.9. The Bertz CT molecular complexity index is 1450. The molecule has 5 nitrogen and oxygen atoms in total. The van der Waals surface area contributed by atoms with Crippen molar-refractivity contribution in [3.8, 4) is 23.3 Å². The number of primary amides is 1. The van der Waals surface area contributed by atoms with Crippen molar-refractivity contribution in [1.82, 2.24) is 4.90 Å². The summed E-state index contributed by atoms with van der Waals surface area (Å²) in [7, 11) is 0. The zero-order valence-electron chi connectivity index (χ0n) is 20.9. The molecule has 0 aliphatic carbocycles. The number of carbonyl (C=O) groups is 1. The maximum Gasteiger partial charge on any atom is 0.248 e. The van der Waals surface area contributed by atoms with Gasteiger partial charge in [0.15, 0.2) is 0 Å². The van der Waals surface area contributed by atoms with Crippen molar-refractivity contribution in [3.05, 3.63) is 126 Å². The number of nitrogens with zero attached hydrogens (tertiary/aromatic N) is 2. The molecular formula is C32H28FN3O2. The number of hydrogen-bond donors (Lipinski definition) is 1. The number of hydrogen-bond acceptors (Lipinski definition) is 4. The number of benzene rings is 4. The molecule has 2 N–H and O–H groups in total. The highest BCUT2D eigenvalue weighted by Gasteiger charge is 2.25. The van der Waals surface area contributed by atoms with Gasteiger partial charge in [0.05, 0.1) is 11.7 Å². The number of para-hydroxylation sites is 2. The summed E-state index contributed by atoms with van der Waals surface area (Å²) in [6, 6.07) is 31.3. The Hall–Kier alpha value is -4.60. The Morgan fingerprint density at radius 2 is 1.50 bits per heavy atom. The lowest BCUT2D eigenvalue weighted by atomic mass is 10.0. The number of amides is 1. The molecule has 4 aromatic rings. The molecule has 190 valence electrons. The molecule has 1 amide bonds. The van der Waals surface area contributed by atoms with E-state index >= 15 is 0 Å². The largest absolute Gasteiger partial charge is 0.457 e. The summed E-state index contributed by atoms with van der Waals surface area (Å²) in [6.45, 7) is 2.81. The molecule has 1 unspecified atom stereocenters. The standard InChI is InChI=1S/C32H28FN3O2/c33-29-11-4-5-12-31(29)36-21-19-35(20-22-36)30(18-15-24-13-16-25(17-14-24)32(34)37)26-7-6-10-28(23-26)38-27-8-2-1-3-9-27/h1-14,16-17,23,30H,19-22H2,(H2,34,37). The lowest BCUT2D eigenvalue weighted by Gasteiger charge is -2.39. The smallest absolute Gasteiger partial charge is 0.248 e. The number of halogens is 1. The molecule has 5 rings (SSSR count). The summed E-state index contributed by atoms with van der Waals surface area (Å²) in [5, 5.41) is 0. The average Bonchev–Trinajstić information content (AvgIpc) is 2.95. The molecule has 0 saturated carbocycles. The van der Waals surface area contributed by atoms with Crippen LogP contribution in [-0.2, 0) is 0 Å². The Morgan fingerprint density at radius 1 is 0.816 bits per heavy atom. The van der Waals surface area contributed by atoms with E-state index < -0.39 is 5.91 Å². The van der Waals surface area contributed by atoms with Crippen LogP contribution in [0.25, 0.3) is 0 Å². The second-order valence-corrected chi connectivity index (χ2v) is 9.08. The normalized spacial score (nSPS) is 14.3. The Morgan fingerprint density at radius 3 is 2.21 bits per heavy atom. The molecular weight excluding hydrogens is 477 g/mol. The van der Waals surface area contributed by atoms with Crippen molar-refractivity contribution in [2.75, 3.05) is 31.1 Å².